The van der Waals surface area contributed by atoms with Gasteiger partial charge in [-0.25, -0.2) is 13.4 Å². The summed E-state index contributed by atoms with van der Waals surface area (Å²) in [5.41, 5.74) is 10.7. The highest BCUT2D eigenvalue weighted by Crippen LogP contribution is 2.25. The first-order chi connectivity index (χ1) is 16.7. The molecule has 1 aliphatic heterocycles. The molecule has 0 unspecified atom stereocenters. The normalized spacial score (nSPS) is 14.9. The zero-order valence-corrected chi connectivity index (χ0v) is 19.9. The predicted octanol–water partition coefficient (Wildman–Crippen LogP) is 1.84. The van der Waals surface area contributed by atoms with Crippen LogP contribution in [0.25, 0.3) is 5.69 Å². The van der Waals surface area contributed by atoms with Gasteiger partial charge >= 0.3 is 5.69 Å². The van der Waals surface area contributed by atoms with Gasteiger partial charge in [0.2, 0.25) is 21.8 Å². The Labute approximate surface area is 201 Å². The topological polar surface area (TPSA) is 171 Å². The van der Waals surface area contributed by atoms with Gasteiger partial charge in [-0.3, -0.25) is 15.5 Å². The van der Waals surface area contributed by atoms with E-state index in [-0.39, 0.29) is 22.3 Å². The number of morpholine rings is 1. The van der Waals surface area contributed by atoms with Crippen LogP contribution in [0.15, 0.2) is 46.5 Å². The van der Waals surface area contributed by atoms with Crippen molar-refractivity contribution >= 4 is 33.7 Å². The first-order valence-electron chi connectivity index (χ1n) is 10.6. The third kappa shape index (κ3) is 4.99. The van der Waals surface area contributed by atoms with Gasteiger partial charge in [-0.15, -0.1) is 0 Å². The van der Waals surface area contributed by atoms with Crippen molar-refractivity contribution in [3.05, 3.63) is 63.6 Å². The molecule has 0 atom stereocenters. The van der Waals surface area contributed by atoms with Crippen LogP contribution in [0.4, 0.5) is 17.5 Å². The number of sulfonamides is 1. The SMILES string of the molecule is Cc1cc(C=NNc2nc(N)ncc2[N+](=O)[O-])c(C)n1-c1cccc(S(=O)(=O)N2CCOCC2)c1. The van der Waals surface area contributed by atoms with Crippen LogP contribution in [-0.2, 0) is 14.8 Å². The third-order valence-electron chi connectivity index (χ3n) is 5.51. The molecule has 0 bridgehead atoms. The number of nitrogens with one attached hydrogen (secondary N) is 1. The van der Waals surface area contributed by atoms with E-state index >= 15 is 0 Å². The number of nitrogens with zero attached hydrogens (tertiary/aromatic N) is 6. The Bertz CT molecular complexity index is 1400. The number of nitrogen functional groups attached to an aromatic ring is 1. The van der Waals surface area contributed by atoms with Crippen molar-refractivity contribution < 1.29 is 18.1 Å². The summed E-state index contributed by atoms with van der Waals surface area (Å²) in [7, 11) is -3.64. The first kappa shape index (κ1) is 24.3. The highest BCUT2D eigenvalue weighted by Gasteiger charge is 2.26. The van der Waals surface area contributed by atoms with Crippen molar-refractivity contribution in [3.63, 3.8) is 0 Å². The van der Waals surface area contributed by atoms with Crippen LogP contribution in [0.5, 0.6) is 0 Å². The van der Waals surface area contributed by atoms with E-state index in [1.54, 1.807) is 18.2 Å². The molecule has 0 aliphatic carbocycles. The molecule has 0 spiro atoms. The van der Waals surface area contributed by atoms with Gasteiger partial charge in [-0.05, 0) is 38.1 Å². The number of aromatic nitrogens is 3. The highest BCUT2D eigenvalue weighted by molar-refractivity contribution is 7.89. The lowest BCUT2D eigenvalue weighted by Gasteiger charge is -2.26. The van der Waals surface area contributed by atoms with Gasteiger partial charge in [-0.2, -0.15) is 14.4 Å². The van der Waals surface area contributed by atoms with E-state index < -0.39 is 14.9 Å². The Kier molecular flexibility index (Phi) is 6.77. The molecule has 4 rings (SSSR count). The van der Waals surface area contributed by atoms with Crippen molar-refractivity contribution in [2.45, 2.75) is 18.7 Å². The van der Waals surface area contributed by atoms with E-state index in [1.807, 2.05) is 30.5 Å². The van der Waals surface area contributed by atoms with E-state index in [4.69, 9.17) is 10.5 Å². The average Bonchev–Trinajstić information content (AvgIpc) is 3.12. The van der Waals surface area contributed by atoms with Crippen molar-refractivity contribution in [3.8, 4) is 5.69 Å². The lowest BCUT2D eigenvalue weighted by molar-refractivity contribution is -0.384. The number of hydrogen-bond donors (Lipinski definition) is 2. The lowest BCUT2D eigenvalue weighted by atomic mass is 10.2. The molecule has 3 N–H and O–H groups in total. The summed E-state index contributed by atoms with van der Waals surface area (Å²) in [5, 5.41) is 15.2. The van der Waals surface area contributed by atoms with Gasteiger partial charge in [0, 0.05) is 35.7 Å². The van der Waals surface area contributed by atoms with Crippen LogP contribution >= 0.6 is 0 Å². The van der Waals surface area contributed by atoms with Crippen LogP contribution in [0.1, 0.15) is 17.0 Å². The fraction of sp³-hybridized carbons (Fsp3) is 0.286. The van der Waals surface area contributed by atoms with E-state index in [2.05, 4.69) is 20.5 Å². The Morgan fingerprint density at radius 3 is 2.71 bits per heavy atom. The molecule has 1 aromatic carbocycles. The molecule has 184 valence electrons. The third-order valence-corrected chi connectivity index (χ3v) is 7.41. The van der Waals surface area contributed by atoms with Crippen molar-refractivity contribution in [2.75, 3.05) is 37.5 Å². The van der Waals surface area contributed by atoms with Gasteiger partial charge in [0.1, 0.15) is 6.20 Å². The molecule has 3 heterocycles. The van der Waals surface area contributed by atoms with Crippen LogP contribution in [0.2, 0.25) is 0 Å². The van der Waals surface area contributed by atoms with Gasteiger partial charge < -0.3 is 15.0 Å². The number of anilines is 2. The molecule has 35 heavy (non-hydrogen) atoms. The fourth-order valence-corrected chi connectivity index (χ4v) is 5.25. The van der Waals surface area contributed by atoms with E-state index in [0.717, 1.165) is 23.1 Å². The van der Waals surface area contributed by atoms with Crippen molar-refractivity contribution in [1.29, 1.82) is 0 Å². The monoisotopic (exact) mass is 500 g/mol. The second-order valence-electron chi connectivity index (χ2n) is 7.76. The van der Waals surface area contributed by atoms with E-state index in [9.17, 15) is 18.5 Å². The molecule has 3 aromatic rings. The summed E-state index contributed by atoms with van der Waals surface area (Å²) in [6.45, 7) is 5.13. The van der Waals surface area contributed by atoms with E-state index in [0.29, 0.717) is 32.0 Å². The fourth-order valence-electron chi connectivity index (χ4n) is 3.80. The first-order valence-corrected chi connectivity index (χ1v) is 12.1. The number of benzene rings is 1. The van der Waals surface area contributed by atoms with Crippen LogP contribution in [0.3, 0.4) is 0 Å². The number of aryl methyl sites for hydroxylation is 1. The zero-order valence-electron chi connectivity index (χ0n) is 19.1. The lowest BCUT2D eigenvalue weighted by Crippen LogP contribution is -2.40. The van der Waals surface area contributed by atoms with Gasteiger partial charge in [0.05, 0.1) is 29.2 Å². The highest BCUT2D eigenvalue weighted by atomic mass is 32.2. The molecule has 0 radical (unpaired) electrons. The average molecular weight is 501 g/mol. The molecule has 14 heteroatoms. The van der Waals surface area contributed by atoms with Crippen LogP contribution in [0, 0.1) is 24.0 Å². The standard InChI is InChI=1S/C21H24N8O5S/c1-14-10-16(12-24-26-20-19(29(30)31)13-23-21(22)25-20)15(2)28(14)17-4-3-5-18(11-17)35(32,33)27-6-8-34-9-7-27/h3-5,10-13H,6-9H2,1-2H3,(H3,22,23,25,26). The molecule has 1 fully saturated rings. The maximum Gasteiger partial charge on any atom is 0.331 e. The minimum absolute atomic E-state index is 0.126. The second kappa shape index (κ2) is 9.77. The molecule has 1 saturated heterocycles. The summed E-state index contributed by atoms with van der Waals surface area (Å²) >= 11 is 0. The smallest absolute Gasteiger partial charge is 0.331 e. The number of nitrogens with two attached hydrogens (primary N) is 1. The number of ether oxygens (including phenoxy) is 1. The quantitative estimate of drug-likeness (QED) is 0.279. The largest absolute Gasteiger partial charge is 0.379 e. The van der Waals surface area contributed by atoms with Crippen LogP contribution < -0.4 is 11.2 Å². The van der Waals surface area contributed by atoms with Crippen LogP contribution in [-0.4, -0.2) is 64.7 Å². The molecule has 0 amide bonds. The summed E-state index contributed by atoms with van der Waals surface area (Å²) in [5.74, 6) is -0.257. The van der Waals surface area contributed by atoms with Gasteiger partial charge in [0.15, 0.2) is 0 Å². The second-order valence-corrected chi connectivity index (χ2v) is 9.70. The van der Waals surface area contributed by atoms with E-state index in [1.165, 1.54) is 10.5 Å². The molecular weight excluding hydrogens is 476 g/mol. The van der Waals surface area contributed by atoms with Crippen molar-refractivity contribution in [1.82, 2.24) is 18.8 Å². The molecule has 2 aromatic heterocycles. The van der Waals surface area contributed by atoms with Crippen molar-refractivity contribution in [2.24, 2.45) is 5.10 Å². The summed E-state index contributed by atoms with van der Waals surface area (Å²) in [6, 6.07) is 8.61. The zero-order chi connectivity index (χ0) is 25.2. The molecule has 0 saturated carbocycles. The van der Waals surface area contributed by atoms with Gasteiger partial charge in [-0.1, -0.05) is 6.07 Å². The predicted molar refractivity (Wildman–Crippen MR) is 129 cm³/mol. The Hall–Kier alpha value is -3.88. The Morgan fingerprint density at radius 1 is 1.26 bits per heavy atom. The summed E-state index contributed by atoms with van der Waals surface area (Å²) in [4.78, 5) is 18.2. The number of nitro groups is 1. The minimum Gasteiger partial charge on any atom is -0.379 e. The molecule has 13 nitrogen and oxygen atoms in total. The Morgan fingerprint density at radius 2 is 2.00 bits per heavy atom. The number of hydrazone groups is 1. The summed E-state index contributed by atoms with van der Waals surface area (Å²) < 4.78 is 34.8. The summed E-state index contributed by atoms with van der Waals surface area (Å²) in [6.07, 6.45) is 2.50. The molecule has 1 aliphatic rings. The maximum atomic E-state index is 13.1. The number of rotatable bonds is 7. The minimum atomic E-state index is -3.64. The number of hydrogen-bond acceptors (Lipinski definition) is 10. The molecular formula is C21H24N8O5S. The Balaban J connectivity index is 1.61. The maximum absolute atomic E-state index is 13.1. The van der Waals surface area contributed by atoms with Gasteiger partial charge in [0.25, 0.3) is 0 Å².